The molecule has 0 unspecified atom stereocenters. The maximum atomic E-state index is 11.6. The Labute approximate surface area is 219 Å². The Balaban J connectivity index is 1.34. The van der Waals surface area contributed by atoms with Gasteiger partial charge in [-0.1, -0.05) is 30.3 Å². The van der Waals surface area contributed by atoms with Gasteiger partial charge in [-0.2, -0.15) is 4.98 Å². The second-order valence-electron chi connectivity index (χ2n) is 8.29. The van der Waals surface area contributed by atoms with Gasteiger partial charge in [-0.15, -0.1) is 0 Å². The first-order chi connectivity index (χ1) is 18.3. The minimum Gasteiger partial charge on any atom is -0.454 e. The lowest BCUT2D eigenvalue weighted by molar-refractivity contribution is 0.477. The lowest BCUT2D eigenvalue weighted by Crippen LogP contribution is -2.11. The Kier molecular flexibility index (Phi) is 6.94. The van der Waals surface area contributed by atoms with Gasteiger partial charge in [0.15, 0.2) is 5.75 Å². The van der Waals surface area contributed by atoms with Gasteiger partial charge in [-0.3, -0.25) is 0 Å². The summed E-state index contributed by atoms with van der Waals surface area (Å²) in [5, 5.41) is 11.8. The second-order valence-corrected chi connectivity index (χ2v) is 9.85. The van der Waals surface area contributed by atoms with Gasteiger partial charge in [0.2, 0.25) is 16.0 Å². The molecule has 0 saturated heterocycles. The van der Waals surface area contributed by atoms with Crippen molar-refractivity contribution in [2.45, 2.75) is 11.8 Å². The fourth-order valence-corrected chi connectivity index (χ4v) is 4.15. The molecule has 0 amide bonds. The Morgan fingerprint density at radius 1 is 0.816 bits per heavy atom. The number of nitrogens with two attached hydrogens (primary N) is 1. The summed E-state index contributed by atoms with van der Waals surface area (Å²) >= 11 is 0. The number of nitrogens with zero attached hydrogens (tertiary/aromatic N) is 4. The number of aryl methyl sites for hydroxylation is 1. The normalized spacial score (nSPS) is 11.1. The third-order valence-electron chi connectivity index (χ3n) is 5.53. The van der Waals surface area contributed by atoms with Crippen molar-refractivity contribution in [2.24, 2.45) is 5.14 Å². The van der Waals surface area contributed by atoms with Crippen LogP contribution < -0.4 is 20.5 Å². The van der Waals surface area contributed by atoms with Crippen LogP contribution in [0.4, 0.5) is 23.1 Å². The third kappa shape index (κ3) is 5.91. The predicted molar refractivity (Wildman–Crippen MR) is 145 cm³/mol. The number of hydrogen-bond acceptors (Lipinski definition) is 9. The van der Waals surface area contributed by atoms with Crippen molar-refractivity contribution in [2.75, 3.05) is 10.6 Å². The molecule has 0 spiro atoms. The Bertz CT molecular complexity index is 1660. The molecule has 0 bridgehead atoms. The van der Waals surface area contributed by atoms with E-state index in [0.717, 1.165) is 28.1 Å². The van der Waals surface area contributed by atoms with E-state index in [9.17, 15) is 8.42 Å². The highest BCUT2D eigenvalue weighted by atomic mass is 32.2. The smallest absolute Gasteiger partial charge is 0.238 e. The molecule has 4 N–H and O–H groups in total. The van der Waals surface area contributed by atoms with Gasteiger partial charge < -0.3 is 15.4 Å². The molecule has 0 aliphatic carbocycles. The van der Waals surface area contributed by atoms with E-state index < -0.39 is 10.0 Å². The molecular formula is C27H23N7O3S. The molecule has 11 heteroatoms. The Morgan fingerprint density at radius 2 is 1.53 bits per heavy atom. The standard InChI is InChI=1S/C27H23N7O3S/c1-18-14-31-27(33-25-5-3-2-4-24(25)19-6-12-23(13-7-19)38(28,35)36)34-26(18)32-20-8-10-21(11-9-20)37-22-15-29-17-30-16-22/h2-17H,1H3,(H2,28,35,36)(H2,31,32,33,34). The first kappa shape index (κ1) is 24.8. The van der Waals surface area contributed by atoms with E-state index in [2.05, 4.69) is 30.6 Å². The number of aromatic nitrogens is 4. The molecule has 38 heavy (non-hydrogen) atoms. The van der Waals surface area contributed by atoms with Crippen LogP contribution in [-0.2, 0) is 10.0 Å². The van der Waals surface area contributed by atoms with Crippen molar-refractivity contribution in [3.05, 3.63) is 103 Å². The maximum absolute atomic E-state index is 11.6. The summed E-state index contributed by atoms with van der Waals surface area (Å²) in [5.74, 6) is 2.25. The fraction of sp³-hybridized carbons (Fsp3) is 0.0370. The van der Waals surface area contributed by atoms with E-state index >= 15 is 0 Å². The number of primary sulfonamides is 1. The number of para-hydroxylation sites is 1. The molecule has 190 valence electrons. The van der Waals surface area contributed by atoms with Crippen LogP contribution >= 0.6 is 0 Å². The number of sulfonamides is 1. The van der Waals surface area contributed by atoms with Crippen molar-refractivity contribution in [1.82, 2.24) is 19.9 Å². The maximum Gasteiger partial charge on any atom is 0.238 e. The molecule has 0 radical (unpaired) electrons. The highest BCUT2D eigenvalue weighted by Crippen LogP contribution is 2.31. The molecule has 0 saturated carbocycles. The van der Waals surface area contributed by atoms with E-state index in [0.29, 0.717) is 23.3 Å². The molecule has 0 atom stereocenters. The zero-order chi connectivity index (χ0) is 26.5. The van der Waals surface area contributed by atoms with Crippen LogP contribution in [0.15, 0.2) is 103 Å². The lowest BCUT2D eigenvalue weighted by atomic mass is 10.0. The Hall–Kier alpha value is -4.87. The van der Waals surface area contributed by atoms with Crippen molar-refractivity contribution >= 4 is 33.2 Å². The first-order valence-electron chi connectivity index (χ1n) is 11.5. The molecule has 2 heterocycles. The number of anilines is 4. The van der Waals surface area contributed by atoms with Gasteiger partial charge in [-0.05, 0) is 55.0 Å². The largest absolute Gasteiger partial charge is 0.454 e. The third-order valence-corrected chi connectivity index (χ3v) is 6.46. The van der Waals surface area contributed by atoms with Gasteiger partial charge in [0.1, 0.15) is 17.9 Å². The van der Waals surface area contributed by atoms with Crippen molar-refractivity contribution < 1.29 is 13.2 Å². The van der Waals surface area contributed by atoms with E-state index in [-0.39, 0.29) is 4.90 Å². The zero-order valence-electron chi connectivity index (χ0n) is 20.2. The summed E-state index contributed by atoms with van der Waals surface area (Å²) in [6.45, 7) is 1.92. The van der Waals surface area contributed by atoms with Gasteiger partial charge >= 0.3 is 0 Å². The van der Waals surface area contributed by atoms with Gasteiger partial charge in [0, 0.05) is 28.7 Å². The molecule has 2 aromatic heterocycles. The average molecular weight is 526 g/mol. The predicted octanol–water partition coefficient (Wildman–Crippen LogP) is 5.17. The van der Waals surface area contributed by atoms with E-state index in [1.165, 1.54) is 18.5 Å². The highest BCUT2D eigenvalue weighted by Gasteiger charge is 2.11. The summed E-state index contributed by atoms with van der Waals surface area (Å²) < 4.78 is 28.9. The second kappa shape index (κ2) is 10.6. The van der Waals surface area contributed by atoms with Crippen LogP contribution in [0.1, 0.15) is 5.56 Å². The van der Waals surface area contributed by atoms with E-state index in [1.54, 1.807) is 30.7 Å². The zero-order valence-corrected chi connectivity index (χ0v) is 21.1. The van der Waals surface area contributed by atoms with Crippen LogP contribution in [0.25, 0.3) is 11.1 Å². The van der Waals surface area contributed by atoms with Gasteiger partial charge in [0.05, 0.1) is 17.3 Å². The number of rotatable bonds is 8. The minimum absolute atomic E-state index is 0.0537. The molecule has 5 aromatic rings. The van der Waals surface area contributed by atoms with Crippen molar-refractivity contribution in [1.29, 1.82) is 0 Å². The van der Waals surface area contributed by atoms with Gasteiger partial charge in [-0.25, -0.2) is 28.5 Å². The summed E-state index contributed by atoms with van der Waals surface area (Å²) in [6.07, 6.45) is 6.36. The highest BCUT2D eigenvalue weighted by molar-refractivity contribution is 7.89. The minimum atomic E-state index is -3.77. The first-order valence-corrected chi connectivity index (χ1v) is 13.0. The van der Waals surface area contributed by atoms with Crippen LogP contribution in [0.5, 0.6) is 11.5 Å². The van der Waals surface area contributed by atoms with E-state index in [1.807, 2.05) is 55.5 Å². The lowest BCUT2D eigenvalue weighted by Gasteiger charge is -2.14. The fourth-order valence-electron chi connectivity index (χ4n) is 3.63. The quantitative estimate of drug-likeness (QED) is 0.250. The molecule has 5 rings (SSSR count). The summed E-state index contributed by atoms with van der Waals surface area (Å²) in [7, 11) is -3.77. The molecule has 10 nitrogen and oxygen atoms in total. The van der Waals surface area contributed by atoms with Crippen LogP contribution in [0.2, 0.25) is 0 Å². The van der Waals surface area contributed by atoms with Crippen molar-refractivity contribution in [3.63, 3.8) is 0 Å². The monoisotopic (exact) mass is 525 g/mol. The topological polar surface area (TPSA) is 145 Å². The molecule has 3 aromatic carbocycles. The van der Waals surface area contributed by atoms with Crippen molar-refractivity contribution in [3.8, 4) is 22.6 Å². The molecule has 0 aliphatic heterocycles. The number of benzene rings is 3. The average Bonchev–Trinajstić information content (AvgIpc) is 2.92. The van der Waals surface area contributed by atoms with Crippen LogP contribution in [-0.4, -0.2) is 28.4 Å². The molecule has 0 fully saturated rings. The summed E-state index contributed by atoms with van der Waals surface area (Å²) in [6, 6.07) is 21.4. The SMILES string of the molecule is Cc1cnc(Nc2ccccc2-c2ccc(S(N)(=O)=O)cc2)nc1Nc1ccc(Oc2cncnc2)cc1. The molecule has 0 aliphatic rings. The molecular weight excluding hydrogens is 502 g/mol. The number of nitrogens with one attached hydrogen (secondary N) is 2. The summed E-state index contributed by atoms with van der Waals surface area (Å²) in [5.41, 5.74) is 4.12. The van der Waals surface area contributed by atoms with Crippen LogP contribution in [0.3, 0.4) is 0 Å². The van der Waals surface area contributed by atoms with Gasteiger partial charge in [0.25, 0.3) is 0 Å². The van der Waals surface area contributed by atoms with E-state index in [4.69, 9.17) is 9.88 Å². The number of ether oxygens (including phenoxy) is 1. The Morgan fingerprint density at radius 3 is 2.24 bits per heavy atom. The van der Waals surface area contributed by atoms with Crippen LogP contribution in [0, 0.1) is 6.92 Å². The number of hydrogen-bond donors (Lipinski definition) is 3. The summed E-state index contributed by atoms with van der Waals surface area (Å²) in [4.78, 5) is 17.0.